The van der Waals surface area contributed by atoms with Crippen molar-refractivity contribution in [2.24, 2.45) is 0 Å². The maximum absolute atomic E-state index is 12.3. The molecule has 0 bridgehead atoms. The number of aromatic nitrogens is 2. The number of H-pyrrole nitrogens is 1. The van der Waals surface area contributed by atoms with E-state index >= 15 is 0 Å². The lowest BCUT2D eigenvalue weighted by Crippen LogP contribution is -2.46. The Balaban J connectivity index is 1.84. The Morgan fingerprint density at radius 1 is 1.21 bits per heavy atom. The molecule has 28 heavy (non-hydrogen) atoms. The first kappa shape index (κ1) is 19.6. The normalized spacial score (nSPS) is 14.2. The van der Waals surface area contributed by atoms with Gasteiger partial charge in [-0.25, -0.2) is 14.6 Å². The molecule has 0 unspecified atom stereocenters. The lowest BCUT2D eigenvalue weighted by molar-refractivity contribution is -0.138. The van der Waals surface area contributed by atoms with Gasteiger partial charge in [-0.1, -0.05) is 19.1 Å². The largest absolute Gasteiger partial charge is 0.463 e. The number of amides is 2. The monoisotopic (exact) mass is 385 g/mol. The number of nitrogens with one attached hydrogen (secondary N) is 3. The van der Waals surface area contributed by atoms with Crippen molar-refractivity contribution in [2.75, 3.05) is 26.2 Å². The molecule has 1 aliphatic heterocycles. The van der Waals surface area contributed by atoms with Crippen LogP contribution in [0.3, 0.4) is 0 Å². The minimum Gasteiger partial charge on any atom is -0.463 e. The van der Waals surface area contributed by atoms with Crippen LogP contribution >= 0.6 is 0 Å². The van der Waals surface area contributed by atoms with Gasteiger partial charge >= 0.3 is 12.0 Å². The maximum Gasteiger partial charge on any atom is 0.337 e. The first-order valence-electron chi connectivity index (χ1n) is 9.16. The van der Waals surface area contributed by atoms with Crippen LogP contribution in [0.25, 0.3) is 10.9 Å². The predicted molar refractivity (Wildman–Crippen MR) is 104 cm³/mol. The summed E-state index contributed by atoms with van der Waals surface area (Å²) in [4.78, 5) is 45.5. The van der Waals surface area contributed by atoms with Gasteiger partial charge in [0.1, 0.15) is 5.82 Å². The van der Waals surface area contributed by atoms with E-state index in [-0.39, 0.29) is 24.7 Å². The van der Waals surface area contributed by atoms with Crippen LogP contribution in [0.2, 0.25) is 0 Å². The number of benzene rings is 1. The molecule has 0 aliphatic carbocycles. The van der Waals surface area contributed by atoms with Crippen LogP contribution in [-0.2, 0) is 16.1 Å². The number of fused-ring (bicyclic) bond motifs is 1. The van der Waals surface area contributed by atoms with Crippen LogP contribution in [0.5, 0.6) is 0 Å². The third kappa shape index (κ3) is 4.37. The highest BCUT2D eigenvalue weighted by atomic mass is 16.5. The molecule has 0 atom stereocenters. The molecule has 148 valence electrons. The zero-order chi connectivity index (χ0) is 20.1. The molecular weight excluding hydrogens is 362 g/mol. The van der Waals surface area contributed by atoms with Gasteiger partial charge in [0.25, 0.3) is 5.56 Å². The van der Waals surface area contributed by atoms with Crippen molar-refractivity contribution >= 4 is 22.9 Å². The zero-order valence-electron chi connectivity index (χ0n) is 15.9. The van der Waals surface area contributed by atoms with Gasteiger partial charge in [-0.05, 0) is 25.6 Å². The van der Waals surface area contributed by atoms with Gasteiger partial charge < -0.3 is 20.4 Å². The number of carbonyl (C=O) groups excluding carboxylic acids is 2. The van der Waals surface area contributed by atoms with Crippen LogP contribution in [0.1, 0.15) is 19.7 Å². The number of ether oxygens (including phenoxy) is 1. The zero-order valence-corrected chi connectivity index (χ0v) is 15.9. The molecule has 0 fully saturated rings. The molecule has 2 aromatic rings. The average Bonchev–Trinajstić information content (AvgIpc) is 2.67. The highest BCUT2D eigenvalue weighted by Crippen LogP contribution is 2.12. The van der Waals surface area contributed by atoms with E-state index in [2.05, 4.69) is 20.6 Å². The number of hydrogen-bond donors (Lipinski definition) is 3. The van der Waals surface area contributed by atoms with Crippen LogP contribution in [0.4, 0.5) is 4.79 Å². The van der Waals surface area contributed by atoms with Gasteiger partial charge in [-0.15, -0.1) is 0 Å². The Kier molecular flexibility index (Phi) is 6.05. The number of urea groups is 1. The topological polar surface area (TPSA) is 116 Å². The molecule has 3 rings (SSSR count). The van der Waals surface area contributed by atoms with Crippen molar-refractivity contribution in [3.8, 4) is 0 Å². The van der Waals surface area contributed by atoms with E-state index in [9.17, 15) is 14.4 Å². The minimum absolute atomic E-state index is 0.114. The maximum atomic E-state index is 12.3. The molecule has 2 amide bonds. The van der Waals surface area contributed by atoms with Crippen molar-refractivity contribution < 1.29 is 14.3 Å². The third-order valence-corrected chi connectivity index (χ3v) is 4.44. The summed E-state index contributed by atoms with van der Waals surface area (Å²) >= 11 is 0. The van der Waals surface area contributed by atoms with Crippen LogP contribution < -0.4 is 16.2 Å². The van der Waals surface area contributed by atoms with E-state index in [0.29, 0.717) is 47.6 Å². The first-order chi connectivity index (χ1) is 13.5. The predicted octanol–water partition coefficient (Wildman–Crippen LogP) is 0.875. The lowest BCUT2D eigenvalue weighted by Gasteiger charge is -2.26. The molecule has 1 aliphatic rings. The first-order valence-corrected chi connectivity index (χ1v) is 9.16. The molecule has 0 spiro atoms. The van der Waals surface area contributed by atoms with E-state index in [4.69, 9.17) is 4.74 Å². The second-order valence-electron chi connectivity index (χ2n) is 6.32. The van der Waals surface area contributed by atoms with Crippen LogP contribution in [0, 0.1) is 0 Å². The smallest absolute Gasteiger partial charge is 0.337 e. The number of esters is 1. The van der Waals surface area contributed by atoms with E-state index in [1.54, 1.807) is 25.1 Å². The second-order valence-corrected chi connectivity index (χ2v) is 6.32. The highest BCUT2D eigenvalue weighted by Gasteiger charge is 2.25. The van der Waals surface area contributed by atoms with Gasteiger partial charge in [0.2, 0.25) is 0 Å². The van der Waals surface area contributed by atoms with Gasteiger partial charge in [-0.2, -0.15) is 0 Å². The number of rotatable bonds is 7. The molecule has 0 saturated carbocycles. The SMILES string of the molecule is CCOC(=O)C1=C(CN(CC)Cc2nc3ccccc3c(=O)[nH]2)NC(=O)NC1. The molecule has 0 saturated heterocycles. The van der Waals surface area contributed by atoms with Gasteiger partial charge in [0.05, 0.1) is 36.2 Å². The van der Waals surface area contributed by atoms with Gasteiger partial charge in [0, 0.05) is 12.2 Å². The third-order valence-electron chi connectivity index (χ3n) is 4.44. The fraction of sp³-hybridized carbons (Fsp3) is 0.368. The van der Waals surface area contributed by atoms with Crippen molar-refractivity contribution in [2.45, 2.75) is 20.4 Å². The number of hydrogen-bond acceptors (Lipinski definition) is 6. The van der Waals surface area contributed by atoms with Crippen molar-refractivity contribution in [3.63, 3.8) is 0 Å². The molecule has 9 nitrogen and oxygen atoms in total. The number of likely N-dealkylation sites (N-methyl/N-ethyl adjacent to an activating group) is 1. The van der Waals surface area contributed by atoms with Crippen molar-refractivity contribution in [1.29, 1.82) is 0 Å². The molecular formula is C19H23N5O4. The van der Waals surface area contributed by atoms with E-state index < -0.39 is 5.97 Å². The summed E-state index contributed by atoms with van der Waals surface area (Å²) in [5, 5.41) is 5.81. The van der Waals surface area contributed by atoms with Crippen LogP contribution in [-0.4, -0.2) is 53.1 Å². The number of aromatic amines is 1. The standard InChI is InChI=1S/C19H23N5O4/c1-3-24(10-15-13(18(26)28-4-2)9-20-19(27)22-15)11-16-21-14-8-6-5-7-12(14)17(25)23-16/h5-8H,3-4,9-11H2,1-2H3,(H2,20,22,27)(H,21,23,25). The van der Waals surface area contributed by atoms with Gasteiger partial charge in [-0.3, -0.25) is 9.69 Å². The quantitative estimate of drug-likeness (QED) is 0.609. The molecule has 1 aromatic carbocycles. The Morgan fingerprint density at radius 3 is 2.75 bits per heavy atom. The average molecular weight is 385 g/mol. The lowest BCUT2D eigenvalue weighted by atomic mass is 10.1. The molecule has 3 N–H and O–H groups in total. The summed E-state index contributed by atoms with van der Waals surface area (Å²) in [6.07, 6.45) is 0. The van der Waals surface area contributed by atoms with Crippen molar-refractivity contribution in [1.82, 2.24) is 25.5 Å². The summed E-state index contributed by atoms with van der Waals surface area (Å²) < 4.78 is 5.08. The van der Waals surface area contributed by atoms with Gasteiger partial charge in [0.15, 0.2) is 0 Å². The Morgan fingerprint density at radius 2 is 2.00 bits per heavy atom. The Bertz CT molecular complexity index is 982. The summed E-state index contributed by atoms with van der Waals surface area (Å²) in [5.74, 6) is 0.0578. The minimum atomic E-state index is -0.460. The number of nitrogens with zero attached hydrogens (tertiary/aromatic N) is 2. The highest BCUT2D eigenvalue weighted by molar-refractivity contribution is 5.93. The summed E-state index contributed by atoms with van der Waals surface area (Å²) in [6.45, 7) is 5.35. The molecule has 2 heterocycles. The fourth-order valence-corrected chi connectivity index (χ4v) is 3.01. The summed E-state index contributed by atoms with van der Waals surface area (Å²) in [7, 11) is 0. The summed E-state index contributed by atoms with van der Waals surface area (Å²) in [6, 6.07) is 6.77. The molecule has 9 heteroatoms. The van der Waals surface area contributed by atoms with Crippen molar-refractivity contribution in [3.05, 3.63) is 51.7 Å². The van der Waals surface area contributed by atoms with E-state index in [1.165, 1.54) is 0 Å². The Hall–Kier alpha value is -3.20. The van der Waals surface area contributed by atoms with Crippen LogP contribution in [0.15, 0.2) is 40.3 Å². The fourth-order valence-electron chi connectivity index (χ4n) is 3.01. The second kappa shape index (κ2) is 8.66. The molecule has 0 radical (unpaired) electrons. The Labute approximate surface area is 161 Å². The number of carbonyl (C=O) groups is 2. The van der Waals surface area contributed by atoms with E-state index in [1.807, 2.05) is 17.9 Å². The summed E-state index contributed by atoms with van der Waals surface area (Å²) in [5.41, 5.74) is 1.31. The number of para-hydroxylation sites is 1. The molecule has 1 aromatic heterocycles. The van der Waals surface area contributed by atoms with E-state index in [0.717, 1.165) is 0 Å².